The summed E-state index contributed by atoms with van der Waals surface area (Å²) in [4.78, 5) is -0.0290. The van der Waals surface area contributed by atoms with E-state index in [1.54, 1.807) is 13.8 Å². The van der Waals surface area contributed by atoms with Crippen LogP contribution in [0.2, 0.25) is 0 Å². The van der Waals surface area contributed by atoms with Crippen molar-refractivity contribution in [3.8, 4) is 0 Å². The van der Waals surface area contributed by atoms with Crippen LogP contribution in [0.3, 0.4) is 0 Å². The monoisotopic (exact) mass is 311 g/mol. The van der Waals surface area contributed by atoms with Crippen molar-refractivity contribution in [1.29, 1.82) is 0 Å². The third kappa shape index (κ3) is 4.36. The van der Waals surface area contributed by atoms with Crippen molar-refractivity contribution in [1.82, 2.24) is 4.72 Å². The predicted molar refractivity (Wildman–Crippen MR) is 69.6 cm³/mol. The molecule has 0 aliphatic carbocycles. The van der Waals surface area contributed by atoms with Crippen molar-refractivity contribution in [2.24, 2.45) is 5.84 Å². The van der Waals surface area contributed by atoms with E-state index < -0.39 is 29.2 Å². The fourth-order valence-corrected chi connectivity index (χ4v) is 3.34. The summed E-state index contributed by atoms with van der Waals surface area (Å²) in [5.41, 5.74) is 3.71. The highest BCUT2D eigenvalue weighted by Crippen LogP contribution is 2.24. The summed E-state index contributed by atoms with van der Waals surface area (Å²) in [5.74, 6) is 5.23. The molecule has 0 saturated carbocycles. The van der Waals surface area contributed by atoms with Gasteiger partial charge in [-0.15, -0.1) is 0 Å². The second kappa shape index (κ2) is 5.98. The minimum Gasteiger partial charge on any atom is -0.324 e. The van der Waals surface area contributed by atoms with E-state index in [1.165, 1.54) is 12.1 Å². The quantitative estimate of drug-likeness (QED) is 0.572. The van der Waals surface area contributed by atoms with Gasteiger partial charge in [-0.3, -0.25) is 5.84 Å². The van der Waals surface area contributed by atoms with E-state index in [4.69, 9.17) is 5.84 Å². The molecule has 0 saturated heterocycles. The zero-order valence-electron chi connectivity index (χ0n) is 11.0. The minimum absolute atomic E-state index is 0.0290. The van der Waals surface area contributed by atoms with E-state index in [1.807, 2.05) is 4.72 Å². The summed E-state index contributed by atoms with van der Waals surface area (Å²) in [5, 5.41) is 0. The Kier molecular flexibility index (Phi) is 5.00. The number of sulfonamides is 1. The first-order valence-electron chi connectivity index (χ1n) is 5.71. The Hall–Kier alpha value is -1.32. The molecule has 0 fully saturated rings. The van der Waals surface area contributed by atoms with Gasteiger partial charge in [0.1, 0.15) is 0 Å². The number of halogens is 3. The Morgan fingerprint density at radius 2 is 1.70 bits per heavy atom. The fourth-order valence-electron chi connectivity index (χ4n) is 1.86. The largest absolute Gasteiger partial charge is 0.390 e. The van der Waals surface area contributed by atoms with Gasteiger partial charge in [-0.25, -0.2) is 13.1 Å². The number of aryl methyl sites for hydroxylation is 2. The molecule has 4 N–H and O–H groups in total. The van der Waals surface area contributed by atoms with Crippen LogP contribution in [-0.4, -0.2) is 21.1 Å². The Morgan fingerprint density at radius 1 is 1.20 bits per heavy atom. The van der Waals surface area contributed by atoms with Crippen LogP contribution in [-0.2, 0) is 10.0 Å². The number of benzene rings is 1. The number of hydrogen-bond acceptors (Lipinski definition) is 4. The van der Waals surface area contributed by atoms with Crippen molar-refractivity contribution < 1.29 is 21.6 Å². The Balaban J connectivity index is 2.99. The van der Waals surface area contributed by atoms with Gasteiger partial charge in [-0.05, 0) is 37.1 Å². The second-order valence-corrected chi connectivity index (χ2v) is 6.05. The number of nitrogens with two attached hydrogens (primary N) is 1. The Morgan fingerprint density at radius 3 is 2.10 bits per heavy atom. The van der Waals surface area contributed by atoms with Crippen LogP contribution in [0.25, 0.3) is 0 Å². The Bertz CT molecular complexity index is 562. The smallest absolute Gasteiger partial charge is 0.324 e. The third-order valence-electron chi connectivity index (χ3n) is 2.60. The average Bonchev–Trinajstić information content (AvgIpc) is 2.25. The predicted octanol–water partition coefficient (Wildman–Crippen LogP) is 1.82. The lowest BCUT2D eigenvalue weighted by Gasteiger charge is -2.14. The molecule has 0 aromatic heterocycles. The summed E-state index contributed by atoms with van der Waals surface area (Å²) in [6.07, 6.45) is -5.62. The molecule has 0 spiro atoms. The average molecular weight is 311 g/mol. The van der Waals surface area contributed by atoms with Gasteiger partial charge in [0.25, 0.3) is 0 Å². The number of rotatable bonds is 5. The maximum atomic E-state index is 12.0. The van der Waals surface area contributed by atoms with E-state index in [0.717, 1.165) is 0 Å². The topological polar surface area (TPSA) is 84.2 Å². The van der Waals surface area contributed by atoms with Crippen LogP contribution in [0.5, 0.6) is 0 Å². The molecule has 20 heavy (non-hydrogen) atoms. The molecule has 0 unspecified atom stereocenters. The molecule has 0 amide bonds. The highest BCUT2D eigenvalue weighted by Gasteiger charge is 2.28. The molecule has 0 aliphatic rings. The maximum Gasteiger partial charge on any atom is 0.390 e. The number of nitrogens with one attached hydrogen (secondary N) is 2. The Labute approximate surface area is 115 Å². The highest BCUT2D eigenvalue weighted by atomic mass is 32.2. The van der Waals surface area contributed by atoms with Gasteiger partial charge in [0, 0.05) is 12.2 Å². The molecule has 1 aromatic rings. The van der Waals surface area contributed by atoms with E-state index >= 15 is 0 Å². The van der Waals surface area contributed by atoms with Crippen molar-refractivity contribution >= 4 is 15.7 Å². The fraction of sp³-hybridized carbons (Fsp3) is 0.455. The number of nitrogen functional groups attached to an aromatic ring is 1. The summed E-state index contributed by atoms with van der Waals surface area (Å²) < 4.78 is 62.1. The van der Waals surface area contributed by atoms with E-state index in [0.29, 0.717) is 16.8 Å². The molecule has 0 bridgehead atoms. The van der Waals surface area contributed by atoms with Gasteiger partial charge in [0.05, 0.1) is 11.3 Å². The molecule has 0 atom stereocenters. The summed E-state index contributed by atoms with van der Waals surface area (Å²) in [6, 6.07) is 3.01. The number of anilines is 1. The van der Waals surface area contributed by atoms with Crippen LogP contribution < -0.4 is 16.0 Å². The summed E-state index contributed by atoms with van der Waals surface area (Å²) in [6.45, 7) is 2.40. The molecule has 114 valence electrons. The first kappa shape index (κ1) is 16.7. The van der Waals surface area contributed by atoms with Gasteiger partial charge >= 0.3 is 6.18 Å². The van der Waals surface area contributed by atoms with Crippen molar-refractivity contribution in [3.05, 3.63) is 23.3 Å². The highest BCUT2D eigenvalue weighted by molar-refractivity contribution is 7.89. The van der Waals surface area contributed by atoms with Crippen molar-refractivity contribution in [2.45, 2.75) is 31.3 Å². The molecule has 0 radical (unpaired) electrons. The van der Waals surface area contributed by atoms with Crippen molar-refractivity contribution in [2.75, 3.05) is 12.0 Å². The van der Waals surface area contributed by atoms with Gasteiger partial charge in [-0.2, -0.15) is 13.2 Å². The van der Waals surface area contributed by atoms with E-state index in [9.17, 15) is 21.6 Å². The molecular weight excluding hydrogens is 295 g/mol. The normalized spacial score (nSPS) is 12.5. The third-order valence-corrected chi connectivity index (χ3v) is 4.36. The zero-order chi connectivity index (χ0) is 15.6. The van der Waals surface area contributed by atoms with Crippen LogP contribution in [0.4, 0.5) is 18.9 Å². The molecule has 5 nitrogen and oxygen atoms in total. The van der Waals surface area contributed by atoms with Crippen LogP contribution >= 0.6 is 0 Å². The minimum atomic E-state index is -4.40. The van der Waals surface area contributed by atoms with Gasteiger partial charge in [0.2, 0.25) is 10.0 Å². The summed E-state index contributed by atoms with van der Waals surface area (Å²) in [7, 11) is -3.99. The summed E-state index contributed by atoms with van der Waals surface area (Å²) >= 11 is 0. The zero-order valence-corrected chi connectivity index (χ0v) is 11.8. The lowest BCUT2D eigenvalue weighted by molar-refractivity contribution is -0.132. The first-order chi connectivity index (χ1) is 9.07. The SMILES string of the molecule is Cc1cc(NN)cc(C)c1S(=O)(=O)NCCC(F)(F)F. The van der Waals surface area contributed by atoms with Crippen LogP contribution in [0.1, 0.15) is 17.5 Å². The number of hydrazine groups is 1. The molecule has 1 aromatic carbocycles. The van der Waals surface area contributed by atoms with Crippen LogP contribution in [0, 0.1) is 13.8 Å². The van der Waals surface area contributed by atoms with Gasteiger partial charge < -0.3 is 5.43 Å². The number of alkyl halides is 3. The lowest BCUT2D eigenvalue weighted by Crippen LogP contribution is -2.29. The molecule has 9 heteroatoms. The number of hydrogen-bond donors (Lipinski definition) is 3. The van der Waals surface area contributed by atoms with E-state index in [-0.39, 0.29) is 4.90 Å². The molecule has 1 rings (SSSR count). The second-order valence-electron chi connectivity index (χ2n) is 4.35. The molecular formula is C11H16F3N3O2S. The molecule has 0 heterocycles. The standard InChI is InChI=1S/C11H16F3N3O2S/c1-7-5-9(17-15)6-8(2)10(7)20(18,19)16-4-3-11(12,13)14/h5-6,16-17H,3-4,15H2,1-2H3. The molecule has 0 aliphatic heterocycles. The first-order valence-corrected chi connectivity index (χ1v) is 7.19. The van der Waals surface area contributed by atoms with Gasteiger partial charge in [-0.1, -0.05) is 0 Å². The lowest BCUT2D eigenvalue weighted by atomic mass is 10.1. The van der Waals surface area contributed by atoms with Crippen LogP contribution in [0.15, 0.2) is 17.0 Å². The van der Waals surface area contributed by atoms with Crippen molar-refractivity contribution in [3.63, 3.8) is 0 Å². The maximum absolute atomic E-state index is 12.0. The van der Waals surface area contributed by atoms with E-state index in [2.05, 4.69) is 5.43 Å². The van der Waals surface area contributed by atoms with Gasteiger partial charge in [0.15, 0.2) is 0 Å².